The maximum absolute atomic E-state index is 12.6. The summed E-state index contributed by atoms with van der Waals surface area (Å²) in [5.41, 5.74) is 1.70. The van der Waals surface area contributed by atoms with Crippen LogP contribution in [0.2, 0.25) is 0 Å². The molecule has 0 unspecified atom stereocenters. The predicted molar refractivity (Wildman–Crippen MR) is 106 cm³/mol. The van der Waals surface area contributed by atoms with E-state index in [9.17, 15) is 13.2 Å². The number of hydrogen-bond acceptors (Lipinski definition) is 3. The van der Waals surface area contributed by atoms with Gasteiger partial charge in [0.25, 0.3) is 0 Å². The van der Waals surface area contributed by atoms with Gasteiger partial charge < -0.3 is 4.90 Å². The van der Waals surface area contributed by atoms with Crippen molar-refractivity contribution >= 4 is 32.4 Å². The van der Waals surface area contributed by atoms with Crippen molar-refractivity contribution in [1.82, 2.24) is 4.72 Å². The Morgan fingerprint density at radius 3 is 2.37 bits per heavy atom. The predicted octanol–water partition coefficient (Wildman–Crippen LogP) is 3.45. The van der Waals surface area contributed by atoms with Crippen LogP contribution in [0.5, 0.6) is 0 Å². The molecule has 27 heavy (non-hydrogen) atoms. The highest BCUT2D eigenvalue weighted by Crippen LogP contribution is 2.22. The Bertz CT molecular complexity index is 1090. The highest BCUT2D eigenvalue weighted by Gasteiger charge is 2.21. The molecule has 0 saturated carbocycles. The Morgan fingerprint density at radius 1 is 0.926 bits per heavy atom. The average Bonchev–Trinajstić information content (AvgIpc) is 3.12. The van der Waals surface area contributed by atoms with Gasteiger partial charge in [-0.05, 0) is 47.0 Å². The third-order valence-electron chi connectivity index (χ3n) is 4.82. The fourth-order valence-electron chi connectivity index (χ4n) is 3.31. The summed E-state index contributed by atoms with van der Waals surface area (Å²) in [5, 5.41) is 1.89. The lowest BCUT2D eigenvalue weighted by Gasteiger charge is -2.16. The summed E-state index contributed by atoms with van der Waals surface area (Å²) in [6.07, 6.45) is 1.47. The van der Waals surface area contributed by atoms with E-state index in [1.165, 1.54) is 0 Å². The van der Waals surface area contributed by atoms with Gasteiger partial charge in [0, 0.05) is 25.2 Å². The van der Waals surface area contributed by atoms with Crippen LogP contribution in [0.1, 0.15) is 18.4 Å². The first kappa shape index (κ1) is 17.7. The Morgan fingerprint density at radius 2 is 1.67 bits per heavy atom. The van der Waals surface area contributed by atoms with Crippen molar-refractivity contribution in [2.75, 3.05) is 11.4 Å². The van der Waals surface area contributed by atoms with Gasteiger partial charge in [-0.15, -0.1) is 0 Å². The van der Waals surface area contributed by atoms with Gasteiger partial charge in [-0.1, -0.05) is 42.5 Å². The van der Waals surface area contributed by atoms with Crippen molar-refractivity contribution in [3.05, 3.63) is 72.3 Å². The molecule has 6 heteroatoms. The summed E-state index contributed by atoms with van der Waals surface area (Å²) < 4.78 is 27.9. The monoisotopic (exact) mass is 380 g/mol. The molecule has 138 valence electrons. The quantitative estimate of drug-likeness (QED) is 0.737. The van der Waals surface area contributed by atoms with Crippen LogP contribution in [0.4, 0.5) is 5.69 Å². The maximum Gasteiger partial charge on any atom is 0.240 e. The molecule has 1 N–H and O–H groups in total. The Labute approximate surface area is 158 Å². The molecule has 1 saturated heterocycles. The molecule has 1 amide bonds. The van der Waals surface area contributed by atoms with E-state index < -0.39 is 10.0 Å². The zero-order chi connectivity index (χ0) is 18.9. The van der Waals surface area contributed by atoms with Gasteiger partial charge in [0.15, 0.2) is 0 Å². The molecular formula is C21H20N2O3S. The minimum absolute atomic E-state index is 0.139. The molecule has 1 aliphatic rings. The largest absolute Gasteiger partial charge is 0.312 e. The standard InChI is InChI=1S/C21H20N2O3S/c24-21-6-3-13-23(21)19-10-7-16(8-11-19)15-22-27(25,26)20-12-9-17-4-1-2-5-18(17)14-20/h1-2,4-5,7-12,14,22H,3,6,13,15H2. The molecule has 4 rings (SSSR count). The number of rotatable bonds is 5. The minimum Gasteiger partial charge on any atom is -0.312 e. The number of carbonyl (C=O) groups is 1. The number of nitrogens with zero attached hydrogens (tertiary/aromatic N) is 1. The van der Waals surface area contributed by atoms with Crippen LogP contribution in [0.3, 0.4) is 0 Å². The molecule has 0 aromatic heterocycles. The van der Waals surface area contributed by atoms with E-state index in [2.05, 4.69) is 4.72 Å². The van der Waals surface area contributed by atoms with Gasteiger partial charge in [0.1, 0.15) is 0 Å². The molecule has 0 atom stereocenters. The van der Waals surface area contributed by atoms with Crippen LogP contribution in [0.15, 0.2) is 71.6 Å². The van der Waals surface area contributed by atoms with E-state index in [4.69, 9.17) is 0 Å². The van der Waals surface area contributed by atoms with Gasteiger partial charge in [-0.2, -0.15) is 0 Å². The van der Waals surface area contributed by atoms with Crippen LogP contribution in [-0.2, 0) is 21.4 Å². The van der Waals surface area contributed by atoms with Crippen molar-refractivity contribution in [3.8, 4) is 0 Å². The van der Waals surface area contributed by atoms with Crippen molar-refractivity contribution < 1.29 is 13.2 Å². The molecule has 0 radical (unpaired) electrons. The van der Waals surface area contributed by atoms with Gasteiger partial charge in [0.05, 0.1) is 4.90 Å². The molecule has 3 aromatic carbocycles. The van der Waals surface area contributed by atoms with E-state index in [0.29, 0.717) is 6.42 Å². The number of carbonyl (C=O) groups excluding carboxylic acids is 1. The third-order valence-corrected chi connectivity index (χ3v) is 6.22. The molecular weight excluding hydrogens is 360 g/mol. The van der Waals surface area contributed by atoms with Crippen LogP contribution in [0.25, 0.3) is 10.8 Å². The van der Waals surface area contributed by atoms with Crippen molar-refractivity contribution in [2.45, 2.75) is 24.3 Å². The van der Waals surface area contributed by atoms with E-state index in [1.807, 2.05) is 54.6 Å². The van der Waals surface area contributed by atoms with Crippen molar-refractivity contribution in [2.24, 2.45) is 0 Å². The van der Waals surface area contributed by atoms with Crippen molar-refractivity contribution in [3.63, 3.8) is 0 Å². The summed E-state index contributed by atoms with van der Waals surface area (Å²) in [5.74, 6) is 0.139. The lowest BCUT2D eigenvalue weighted by molar-refractivity contribution is -0.117. The number of sulfonamides is 1. The Hall–Kier alpha value is -2.70. The summed E-state index contributed by atoms with van der Waals surface area (Å²) in [7, 11) is -3.60. The average molecular weight is 380 g/mol. The van der Waals surface area contributed by atoms with E-state index in [1.54, 1.807) is 17.0 Å². The second kappa shape index (κ2) is 7.13. The first-order chi connectivity index (χ1) is 13.0. The molecule has 0 spiro atoms. The summed E-state index contributed by atoms with van der Waals surface area (Å²) in [4.78, 5) is 13.8. The number of hydrogen-bond donors (Lipinski definition) is 1. The van der Waals surface area contributed by atoms with Crippen LogP contribution >= 0.6 is 0 Å². The minimum atomic E-state index is -3.60. The molecule has 3 aromatic rings. The Balaban J connectivity index is 1.47. The Kier molecular flexibility index (Phi) is 4.68. The highest BCUT2D eigenvalue weighted by molar-refractivity contribution is 7.89. The molecule has 0 bridgehead atoms. The van der Waals surface area contributed by atoms with Crippen LogP contribution in [-0.4, -0.2) is 20.9 Å². The smallest absolute Gasteiger partial charge is 0.240 e. The van der Waals surface area contributed by atoms with Gasteiger partial charge in [0.2, 0.25) is 15.9 Å². The lowest BCUT2D eigenvalue weighted by atomic mass is 10.1. The van der Waals surface area contributed by atoms with E-state index in [0.717, 1.165) is 35.0 Å². The van der Waals surface area contributed by atoms with Crippen LogP contribution in [0, 0.1) is 0 Å². The fraction of sp³-hybridized carbons (Fsp3) is 0.190. The fourth-order valence-corrected chi connectivity index (χ4v) is 4.36. The molecule has 1 heterocycles. The second-order valence-corrected chi connectivity index (χ2v) is 8.42. The van der Waals surface area contributed by atoms with E-state index >= 15 is 0 Å². The van der Waals surface area contributed by atoms with Gasteiger partial charge >= 0.3 is 0 Å². The summed E-state index contributed by atoms with van der Waals surface area (Å²) >= 11 is 0. The van der Waals surface area contributed by atoms with Crippen molar-refractivity contribution in [1.29, 1.82) is 0 Å². The second-order valence-electron chi connectivity index (χ2n) is 6.65. The number of nitrogens with one attached hydrogen (secondary N) is 1. The normalized spacial score (nSPS) is 14.8. The molecule has 0 aliphatic carbocycles. The number of amides is 1. The molecule has 1 fully saturated rings. The summed E-state index contributed by atoms with van der Waals surface area (Å²) in [6, 6.07) is 20.2. The third kappa shape index (κ3) is 3.72. The molecule has 5 nitrogen and oxygen atoms in total. The number of benzene rings is 3. The number of anilines is 1. The SMILES string of the molecule is O=C1CCCN1c1ccc(CNS(=O)(=O)c2ccc3ccccc3c2)cc1. The van der Waals surface area contributed by atoms with E-state index in [-0.39, 0.29) is 17.3 Å². The highest BCUT2D eigenvalue weighted by atomic mass is 32.2. The van der Waals surface area contributed by atoms with Gasteiger partial charge in [-0.25, -0.2) is 13.1 Å². The maximum atomic E-state index is 12.6. The zero-order valence-corrected chi connectivity index (χ0v) is 15.6. The first-order valence-electron chi connectivity index (χ1n) is 8.91. The molecule has 1 aliphatic heterocycles. The first-order valence-corrected chi connectivity index (χ1v) is 10.4. The summed E-state index contributed by atoms with van der Waals surface area (Å²) in [6.45, 7) is 0.941. The lowest BCUT2D eigenvalue weighted by Crippen LogP contribution is -2.24. The van der Waals surface area contributed by atoms with Crippen LogP contribution < -0.4 is 9.62 Å². The van der Waals surface area contributed by atoms with Gasteiger partial charge in [-0.3, -0.25) is 4.79 Å². The topological polar surface area (TPSA) is 66.5 Å². The zero-order valence-electron chi connectivity index (χ0n) is 14.8. The number of fused-ring (bicyclic) bond motifs is 1.